The van der Waals surface area contributed by atoms with Gasteiger partial charge in [0.1, 0.15) is 11.6 Å². The van der Waals surface area contributed by atoms with Crippen LogP contribution in [-0.4, -0.2) is 27.4 Å². The number of rotatable bonds is 2. The molecule has 3 aromatic rings. The van der Waals surface area contributed by atoms with E-state index in [2.05, 4.69) is 15.3 Å². The molecule has 6 nitrogen and oxygen atoms in total. The summed E-state index contributed by atoms with van der Waals surface area (Å²) < 4.78 is 13.1. The van der Waals surface area contributed by atoms with E-state index >= 15 is 0 Å². The van der Waals surface area contributed by atoms with Gasteiger partial charge in [0.25, 0.3) is 5.56 Å². The van der Waals surface area contributed by atoms with E-state index in [1.807, 2.05) is 32.0 Å². The van der Waals surface area contributed by atoms with E-state index < -0.39 is 0 Å². The predicted octanol–water partition coefficient (Wildman–Crippen LogP) is 3.78. The number of urea groups is 1. The lowest BCUT2D eigenvalue weighted by molar-refractivity contribution is 0.205. The number of carbonyl (C=O) groups is 1. The molecule has 0 saturated heterocycles. The highest BCUT2D eigenvalue weighted by atomic mass is 19.1. The average molecular weight is 392 g/mol. The lowest BCUT2D eigenvalue weighted by atomic mass is 10.1. The summed E-state index contributed by atoms with van der Waals surface area (Å²) in [5.41, 5.74) is 4.39. The first-order chi connectivity index (χ1) is 13.9. The number of hydrogen-bond acceptors (Lipinski definition) is 3. The molecule has 0 saturated carbocycles. The highest BCUT2D eigenvalue weighted by Gasteiger charge is 2.25. The molecule has 0 spiro atoms. The molecule has 2 aromatic carbocycles. The number of hydrogen-bond donors (Lipinski definition) is 2. The highest BCUT2D eigenvalue weighted by Crippen LogP contribution is 2.22. The number of anilines is 1. The van der Waals surface area contributed by atoms with Crippen molar-refractivity contribution in [3.8, 4) is 11.4 Å². The number of amides is 2. The third-order valence-corrected chi connectivity index (χ3v) is 5.32. The van der Waals surface area contributed by atoms with E-state index in [1.54, 1.807) is 17.0 Å². The largest absolute Gasteiger partial charge is 0.322 e. The lowest BCUT2D eigenvalue weighted by Crippen LogP contribution is -2.41. The molecule has 4 rings (SSSR count). The van der Waals surface area contributed by atoms with E-state index in [0.717, 1.165) is 16.8 Å². The second kappa shape index (κ2) is 7.50. The Balaban J connectivity index is 1.55. The molecule has 148 valence electrons. The van der Waals surface area contributed by atoms with Crippen LogP contribution in [0.5, 0.6) is 0 Å². The van der Waals surface area contributed by atoms with Crippen molar-refractivity contribution in [3.05, 3.63) is 81.0 Å². The molecule has 7 heteroatoms. The Morgan fingerprint density at radius 2 is 1.93 bits per heavy atom. The minimum atomic E-state index is -0.348. The summed E-state index contributed by atoms with van der Waals surface area (Å²) in [6.07, 6.45) is 0.480. The Hall–Kier alpha value is -3.48. The fourth-order valence-electron chi connectivity index (χ4n) is 3.42. The van der Waals surface area contributed by atoms with Crippen molar-refractivity contribution in [2.75, 3.05) is 11.9 Å². The molecule has 2 heterocycles. The quantitative estimate of drug-likeness (QED) is 0.697. The second-order valence-electron chi connectivity index (χ2n) is 7.20. The summed E-state index contributed by atoms with van der Waals surface area (Å²) in [4.78, 5) is 34.2. The number of aromatic nitrogens is 2. The molecule has 1 aromatic heterocycles. The van der Waals surface area contributed by atoms with Crippen molar-refractivity contribution in [1.82, 2.24) is 14.9 Å². The maximum atomic E-state index is 13.1. The van der Waals surface area contributed by atoms with Crippen LogP contribution < -0.4 is 10.9 Å². The summed E-state index contributed by atoms with van der Waals surface area (Å²) >= 11 is 0. The molecule has 0 unspecified atom stereocenters. The van der Waals surface area contributed by atoms with E-state index in [-0.39, 0.29) is 24.0 Å². The first-order valence-electron chi connectivity index (χ1n) is 9.42. The van der Waals surface area contributed by atoms with Crippen molar-refractivity contribution >= 4 is 11.7 Å². The zero-order valence-corrected chi connectivity index (χ0v) is 16.3. The molecule has 0 atom stereocenters. The highest BCUT2D eigenvalue weighted by molar-refractivity contribution is 5.90. The molecule has 2 amide bonds. The molecular formula is C22H21FN4O2. The standard InChI is InChI=1S/C22H21FN4O2/c1-13-4-3-5-18(14(13)2)25-22(29)27-11-10-19-17(12-27)21(28)26-20(24-19)15-6-8-16(23)9-7-15/h3-9H,10-12H2,1-2H3,(H,25,29)(H,24,26,28). The van der Waals surface area contributed by atoms with Crippen LogP contribution in [-0.2, 0) is 13.0 Å². The van der Waals surface area contributed by atoms with E-state index in [4.69, 9.17) is 0 Å². The monoisotopic (exact) mass is 392 g/mol. The molecule has 2 N–H and O–H groups in total. The van der Waals surface area contributed by atoms with Crippen molar-refractivity contribution < 1.29 is 9.18 Å². The Morgan fingerprint density at radius 1 is 1.17 bits per heavy atom. The molecule has 1 aliphatic rings. The van der Waals surface area contributed by atoms with Gasteiger partial charge in [0, 0.05) is 24.2 Å². The number of aryl methyl sites for hydroxylation is 1. The van der Waals surface area contributed by atoms with Crippen LogP contribution in [0, 0.1) is 19.7 Å². The smallest absolute Gasteiger partial charge is 0.320 e. The van der Waals surface area contributed by atoms with E-state index in [1.165, 1.54) is 12.1 Å². The number of H-pyrrole nitrogens is 1. The zero-order valence-electron chi connectivity index (χ0n) is 16.3. The minimum Gasteiger partial charge on any atom is -0.320 e. The van der Waals surface area contributed by atoms with E-state index in [9.17, 15) is 14.0 Å². The van der Waals surface area contributed by atoms with Gasteiger partial charge in [0.15, 0.2) is 0 Å². The fourth-order valence-corrected chi connectivity index (χ4v) is 3.42. The van der Waals surface area contributed by atoms with Gasteiger partial charge in [-0.3, -0.25) is 4.79 Å². The van der Waals surface area contributed by atoms with Crippen LogP contribution >= 0.6 is 0 Å². The molecule has 29 heavy (non-hydrogen) atoms. The average Bonchev–Trinajstić information content (AvgIpc) is 2.71. The van der Waals surface area contributed by atoms with Gasteiger partial charge in [-0.1, -0.05) is 12.1 Å². The summed E-state index contributed by atoms with van der Waals surface area (Å²) in [5, 5.41) is 2.93. The number of nitrogens with one attached hydrogen (secondary N) is 2. The van der Waals surface area contributed by atoms with Crippen molar-refractivity contribution in [2.24, 2.45) is 0 Å². The predicted molar refractivity (Wildman–Crippen MR) is 109 cm³/mol. The van der Waals surface area contributed by atoms with Gasteiger partial charge in [0.05, 0.1) is 17.8 Å². The number of aromatic amines is 1. The van der Waals surface area contributed by atoms with Gasteiger partial charge in [-0.25, -0.2) is 14.2 Å². The third kappa shape index (κ3) is 3.76. The van der Waals surface area contributed by atoms with Crippen molar-refractivity contribution in [3.63, 3.8) is 0 Å². The van der Waals surface area contributed by atoms with Crippen LogP contribution in [0.25, 0.3) is 11.4 Å². The Bertz CT molecular complexity index is 1140. The van der Waals surface area contributed by atoms with Crippen LogP contribution in [0.15, 0.2) is 47.3 Å². The molecule has 0 fully saturated rings. The SMILES string of the molecule is Cc1cccc(NC(=O)N2CCc3nc(-c4ccc(F)cc4)[nH]c(=O)c3C2)c1C. The zero-order chi connectivity index (χ0) is 20.5. The van der Waals surface area contributed by atoms with Crippen molar-refractivity contribution in [1.29, 1.82) is 0 Å². The van der Waals surface area contributed by atoms with Crippen molar-refractivity contribution in [2.45, 2.75) is 26.8 Å². The number of fused-ring (bicyclic) bond motifs is 1. The maximum absolute atomic E-state index is 13.1. The molecule has 1 aliphatic heterocycles. The number of carbonyl (C=O) groups excluding carboxylic acids is 1. The van der Waals surface area contributed by atoms with Gasteiger partial charge in [-0.05, 0) is 55.3 Å². The molecule has 0 aliphatic carbocycles. The first-order valence-corrected chi connectivity index (χ1v) is 9.42. The molecule has 0 radical (unpaired) electrons. The Morgan fingerprint density at radius 3 is 2.69 bits per heavy atom. The van der Waals surface area contributed by atoms with E-state index in [0.29, 0.717) is 35.6 Å². The summed E-state index contributed by atoms with van der Waals surface area (Å²) in [5.74, 6) is 0.0570. The Kier molecular flexibility index (Phi) is 4.88. The van der Waals surface area contributed by atoms with Gasteiger partial charge < -0.3 is 15.2 Å². The summed E-state index contributed by atoms with van der Waals surface area (Å²) in [6.45, 7) is 4.61. The molecule has 0 bridgehead atoms. The maximum Gasteiger partial charge on any atom is 0.322 e. The van der Waals surface area contributed by atoms with Gasteiger partial charge in [0.2, 0.25) is 0 Å². The lowest BCUT2D eigenvalue weighted by Gasteiger charge is -2.28. The van der Waals surface area contributed by atoms with Crippen LogP contribution in [0.2, 0.25) is 0 Å². The van der Waals surface area contributed by atoms with Gasteiger partial charge in [-0.15, -0.1) is 0 Å². The summed E-state index contributed by atoms with van der Waals surface area (Å²) in [7, 11) is 0. The third-order valence-electron chi connectivity index (χ3n) is 5.32. The first kappa shape index (κ1) is 18.9. The fraction of sp³-hybridized carbons (Fsp3) is 0.227. The van der Waals surface area contributed by atoms with Crippen LogP contribution in [0.4, 0.5) is 14.9 Å². The normalized spacial score (nSPS) is 13.1. The molecular weight excluding hydrogens is 371 g/mol. The Labute approximate surface area is 167 Å². The number of nitrogens with zero attached hydrogens (tertiary/aromatic N) is 2. The number of benzene rings is 2. The van der Waals surface area contributed by atoms with Gasteiger partial charge >= 0.3 is 6.03 Å². The topological polar surface area (TPSA) is 78.1 Å². The van der Waals surface area contributed by atoms with Gasteiger partial charge in [-0.2, -0.15) is 0 Å². The minimum absolute atomic E-state index is 0.193. The van der Waals surface area contributed by atoms with Crippen LogP contribution in [0.3, 0.4) is 0 Å². The summed E-state index contributed by atoms with van der Waals surface area (Å²) in [6, 6.07) is 11.3. The second-order valence-corrected chi connectivity index (χ2v) is 7.20. The number of halogens is 1. The van der Waals surface area contributed by atoms with Crippen LogP contribution in [0.1, 0.15) is 22.4 Å².